The maximum absolute atomic E-state index is 13.4. The van der Waals surface area contributed by atoms with Crippen LogP contribution in [0.4, 0.5) is 0 Å². The number of rotatable bonds is 11. The minimum absolute atomic E-state index is 0.0771. The Balaban J connectivity index is 1.09. The molecule has 0 aliphatic carbocycles. The number of ketones is 1. The number of methoxy groups -OCH3 is 1. The second-order valence-corrected chi connectivity index (χ2v) is 12.6. The molecule has 6 nitrogen and oxygen atoms in total. The Kier molecular flexibility index (Phi) is 8.87. The van der Waals surface area contributed by atoms with E-state index < -0.39 is 0 Å². The van der Waals surface area contributed by atoms with E-state index in [1.54, 1.807) is 19.2 Å². The highest BCUT2D eigenvalue weighted by molar-refractivity contribution is 6.30. The summed E-state index contributed by atoms with van der Waals surface area (Å²) in [5.41, 5.74) is 4.66. The number of Topliss-reactive ketones (excluding diaryl/α,β-unsaturated/α-hetero) is 1. The highest BCUT2D eigenvalue weighted by atomic mass is 35.5. The second-order valence-electron chi connectivity index (χ2n) is 12.2. The fourth-order valence-electron chi connectivity index (χ4n) is 7.31. The molecule has 2 aliphatic heterocycles. The molecule has 2 aliphatic rings. The number of hydrogen-bond acceptors (Lipinski definition) is 4. The van der Waals surface area contributed by atoms with Crippen LogP contribution in [0.3, 0.4) is 0 Å². The number of nitrogens with zero attached hydrogens (tertiary/aromatic N) is 2. The third kappa shape index (κ3) is 6.51. The van der Waals surface area contributed by atoms with Gasteiger partial charge in [-0.2, -0.15) is 0 Å². The van der Waals surface area contributed by atoms with Crippen LogP contribution in [0, 0.1) is 12.8 Å². The molecule has 2 bridgehead atoms. The predicted molar refractivity (Wildman–Crippen MR) is 172 cm³/mol. The summed E-state index contributed by atoms with van der Waals surface area (Å²) in [6, 6.07) is 22.5. The van der Waals surface area contributed by atoms with Gasteiger partial charge in [-0.05, 0) is 80.8 Å². The first-order valence-corrected chi connectivity index (χ1v) is 15.8. The van der Waals surface area contributed by atoms with Crippen molar-refractivity contribution in [2.45, 2.75) is 70.6 Å². The first-order chi connectivity index (χ1) is 20.9. The molecule has 6 rings (SSSR count). The number of para-hydroxylation sites is 1. The zero-order chi connectivity index (χ0) is 29.9. The molecule has 0 radical (unpaired) electrons. The molecule has 3 heterocycles. The number of piperidine rings is 1. The lowest BCUT2D eigenvalue weighted by Crippen LogP contribution is -2.43. The third-order valence-electron chi connectivity index (χ3n) is 9.30. The highest BCUT2D eigenvalue weighted by Gasteiger charge is 2.40. The minimum atomic E-state index is -0.0771. The Morgan fingerprint density at radius 2 is 1.72 bits per heavy atom. The molecule has 4 aromatic rings. The van der Waals surface area contributed by atoms with Gasteiger partial charge in [-0.15, -0.1) is 0 Å². The molecule has 224 valence electrons. The number of halogens is 1. The molecule has 0 unspecified atom stereocenters. The van der Waals surface area contributed by atoms with Crippen LogP contribution in [0.5, 0.6) is 5.75 Å². The molecule has 0 spiro atoms. The molecule has 2 saturated heterocycles. The molecule has 1 amide bonds. The summed E-state index contributed by atoms with van der Waals surface area (Å²) in [6.07, 6.45) is 8.17. The summed E-state index contributed by atoms with van der Waals surface area (Å²) < 4.78 is 7.92. The monoisotopic (exact) mass is 597 g/mol. The summed E-state index contributed by atoms with van der Waals surface area (Å²) >= 11 is 6.01. The zero-order valence-corrected chi connectivity index (χ0v) is 25.8. The van der Waals surface area contributed by atoms with Gasteiger partial charge in [0.1, 0.15) is 5.75 Å². The quantitative estimate of drug-likeness (QED) is 0.182. The molecular weight excluding hydrogens is 558 g/mol. The van der Waals surface area contributed by atoms with Gasteiger partial charge in [0.15, 0.2) is 5.78 Å². The fraction of sp³-hybridized carbons (Fsp3) is 0.389. The van der Waals surface area contributed by atoms with Crippen molar-refractivity contribution >= 4 is 34.2 Å². The Morgan fingerprint density at radius 1 is 0.977 bits per heavy atom. The summed E-state index contributed by atoms with van der Waals surface area (Å²) in [5.74, 6) is 1.37. The molecule has 3 atom stereocenters. The van der Waals surface area contributed by atoms with Crippen LogP contribution >= 0.6 is 11.6 Å². The zero-order valence-electron chi connectivity index (χ0n) is 25.0. The van der Waals surface area contributed by atoms with E-state index in [0.29, 0.717) is 41.6 Å². The SMILES string of the molecule is COc1cccc2c(C(=O)NCc3cccc(C)c3)cn(CCCN3[C@@H]4CC[C@H]3C[C@H](CC(=O)c3ccc(Cl)cc3)C4)c12. The Labute approximate surface area is 259 Å². The molecule has 3 aromatic carbocycles. The molecule has 43 heavy (non-hydrogen) atoms. The van der Waals surface area contributed by atoms with Crippen molar-refractivity contribution in [3.63, 3.8) is 0 Å². The average molecular weight is 598 g/mol. The van der Waals surface area contributed by atoms with Gasteiger partial charge in [-0.1, -0.05) is 53.6 Å². The minimum Gasteiger partial charge on any atom is -0.495 e. The van der Waals surface area contributed by atoms with Crippen molar-refractivity contribution in [2.75, 3.05) is 13.7 Å². The van der Waals surface area contributed by atoms with E-state index in [1.165, 1.54) is 18.4 Å². The van der Waals surface area contributed by atoms with Gasteiger partial charge in [0, 0.05) is 60.3 Å². The normalized spacial score (nSPS) is 19.9. The first kappa shape index (κ1) is 29.5. The number of amides is 1. The van der Waals surface area contributed by atoms with E-state index in [9.17, 15) is 9.59 Å². The summed E-state index contributed by atoms with van der Waals surface area (Å²) in [5, 5.41) is 4.68. The van der Waals surface area contributed by atoms with Crippen LogP contribution in [-0.4, -0.2) is 46.9 Å². The van der Waals surface area contributed by atoms with Gasteiger partial charge in [-0.25, -0.2) is 0 Å². The number of hydrogen-bond donors (Lipinski definition) is 1. The third-order valence-corrected chi connectivity index (χ3v) is 9.55. The van der Waals surface area contributed by atoms with Gasteiger partial charge in [-0.3, -0.25) is 14.5 Å². The van der Waals surface area contributed by atoms with E-state index >= 15 is 0 Å². The number of carbonyl (C=O) groups is 2. The van der Waals surface area contributed by atoms with Crippen LogP contribution in [0.1, 0.15) is 70.4 Å². The topological polar surface area (TPSA) is 63.6 Å². The van der Waals surface area contributed by atoms with E-state index in [4.69, 9.17) is 16.3 Å². The number of fused-ring (bicyclic) bond motifs is 3. The van der Waals surface area contributed by atoms with Crippen molar-refractivity contribution in [3.05, 3.63) is 100 Å². The van der Waals surface area contributed by atoms with Crippen molar-refractivity contribution in [1.29, 1.82) is 0 Å². The van der Waals surface area contributed by atoms with Gasteiger partial charge in [0.05, 0.1) is 18.2 Å². The second kappa shape index (κ2) is 12.9. The number of aromatic nitrogens is 1. The van der Waals surface area contributed by atoms with Crippen LogP contribution in [0.25, 0.3) is 10.9 Å². The first-order valence-electron chi connectivity index (χ1n) is 15.4. The van der Waals surface area contributed by atoms with Crippen molar-refractivity contribution in [2.24, 2.45) is 5.92 Å². The van der Waals surface area contributed by atoms with Crippen molar-refractivity contribution in [1.82, 2.24) is 14.8 Å². The number of carbonyl (C=O) groups excluding carboxylic acids is 2. The largest absolute Gasteiger partial charge is 0.495 e. The molecule has 1 N–H and O–H groups in total. The standard InChI is InChI=1S/C36H40ClN3O3/c1-24-6-3-7-25(18-24)22-38-36(42)32-23-39(35-31(32)8-4-9-34(35)43-2)16-5-17-40-29-14-15-30(40)20-26(19-29)21-33(41)27-10-12-28(37)13-11-27/h3-4,6-13,18,23,26,29-30H,5,14-17,19-22H2,1-2H3,(H,38,42)/t26-,29-,30+. The number of benzene rings is 3. The number of ether oxygens (including phenoxy) is 1. The van der Waals surface area contributed by atoms with Crippen molar-refractivity contribution in [3.8, 4) is 5.75 Å². The highest BCUT2D eigenvalue weighted by Crippen LogP contribution is 2.40. The van der Waals surface area contributed by atoms with Gasteiger partial charge in [0.2, 0.25) is 0 Å². The lowest BCUT2D eigenvalue weighted by molar-refractivity contribution is 0.0807. The van der Waals surface area contributed by atoms with Gasteiger partial charge >= 0.3 is 0 Å². The maximum Gasteiger partial charge on any atom is 0.253 e. The number of aryl methyl sites for hydroxylation is 2. The smallest absolute Gasteiger partial charge is 0.253 e. The molecule has 7 heteroatoms. The van der Waals surface area contributed by atoms with Crippen LogP contribution < -0.4 is 10.1 Å². The van der Waals surface area contributed by atoms with E-state index in [0.717, 1.165) is 60.1 Å². The van der Waals surface area contributed by atoms with Crippen LogP contribution in [-0.2, 0) is 13.1 Å². The Morgan fingerprint density at radius 3 is 2.44 bits per heavy atom. The van der Waals surface area contributed by atoms with E-state index in [1.807, 2.05) is 48.7 Å². The lowest BCUT2D eigenvalue weighted by atomic mass is 9.85. The molecule has 2 fully saturated rings. The summed E-state index contributed by atoms with van der Waals surface area (Å²) in [4.78, 5) is 28.9. The summed E-state index contributed by atoms with van der Waals surface area (Å²) in [7, 11) is 1.68. The fourth-order valence-corrected chi connectivity index (χ4v) is 7.43. The molecular formula is C36H40ClN3O3. The van der Waals surface area contributed by atoms with E-state index in [2.05, 4.69) is 33.8 Å². The maximum atomic E-state index is 13.4. The van der Waals surface area contributed by atoms with Crippen molar-refractivity contribution < 1.29 is 14.3 Å². The van der Waals surface area contributed by atoms with Crippen LogP contribution in [0.2, 0.25) is 5.02 Å². The van der Waals surface area contributed by atoms with Gasteiger partial charge < -0.3 is 14.6 Å². The number of nitrogens with one attached hydrogen (secondary N) is 1. The van der Waals surface area contributed by atoms with Gasteiger partial charge in [0.25, 0.3) is 5.91 Å². The lowest BCUT2D eigenvalue weighted by Gasteiger charge is -2.39. The molecule has 1 aromatic heterocycles. The predicted octanol–water partition coefficient (Wildman–Crippen LogP) is 7.45. The van der Waals surface area contributed by atoms with E-state index in [-0.39, 0.29) is 11.7 Å². The Bertz CT molecular complexity index is 1600. The van der Waals surface area contributed by atoms with Crippen LogP contribution in [0.15, 0.2) is 72.9 Å². The Hall–Kier alpha value is -3.61. The average Bonchev–Trinajstić information content (AvgIpc) is 3.49. The summed E-state index contributed by atoms with van der Waals surface area (Å²) in [6.45, 7) is 4.36. The molecule has 0 saturated carbocycles.